The first-order valence-electron chi connectivity index (χ1n) is 9.93. The number of hydrogen-bond acceptors (Lipinski definition) is 8. The summed E-state index contributed by atoms with van der Waals surface area (Å²) in [6, 6.07) is 1.96. The molecule has 3 rings (SSSR count). The molecule has 0 aliphatic rings. The number of anilines is 1. The van der Waals surface area contributed by atoms with Gasteiger partial charge in [0.15, 0.2) is 11.0 Å². The molecule has 3 heterocycles. The molecule has 0 bridgehead atoms. The number of aromatic nitrogens is 3. The third kappa shape index (κ3) is 4.85. The Morgan fingerprint density at radius 1 is 1.29 bits per heavy atom. The van der Waals surface area contributed by atoms with E-state index in [9.17, 15) is 9.59 Å². The van der Waals surface area contributed by atoms with Crippen molar-refractivity contribution in [2.45, 2.75) is 52.7 Å². The van der Waals surface area contributed by atoms with Crippen molar-refractivity contribution >= 4 is 40.0 Å². The van der Waals surface area contributed by atoms with Crippen molar-refractivity contribution in [1.29, 1.82) is 0 Å². The number of ether oxygens (including phenoxy) is 1. The van der Waals surface area contributed by atoms with Gasteiger partial charge in [-0.15, -0.1) is 21.5 Å². The molecular formula is C21H26N4O4S2. The first-order valence-corrected chi connectivity index (χ1v) is 11.7. The number of furan rings is 1. The summed E-state index contributed by atoms with van der Waals surface area (Å²) in [5.41, 5.74) is 2.12. The number of nitrogens with one attached hydrogen (secondary N) is 1. The van der Waals surface area contributed by atoms with Crippen LogP contribution in [0.4, 0.5) is 5.00 Å². The van der Waals surface area contributed by atoms with E-state index in [0.717, 1.165) is 21.8 Å². The lowest BCUT2D eigenvalue weighted by atomic mass is 10.1. The first-order chi connectivity index (χ1) is 14.7. The zero-order valence-corrected chi connectivity index (χ0v) is 20.1. The Bertz CT molecular complexity index is 1100. The average molecular weight is 463 g/mol. The molecule has 31 heavy (non-hydrogen) atoms. The smallest absolute Gasteiger partial charge is 0.341 e. The minimum atomic E-state index is -0.424. The minimum absolute atomic E-state index is 0.0999. The molecule has 166 valence electrons. The first kappa shape index (κ1) is 23.1. The van der Waals surface area contributed by atoms with Crippen molar-refractivity contribution in [3.05, 3.63) is 34.1 Å². The van der Waals surface area contributed by atoms with Gasteiger partial charge in [0.05, 0.1) is 29.7 Å². The van der Waals surface area contributed by atoms with E-state index in [4.69, 9.17) is 9.15 Å². The van der Waals surface area contributed by atoms with Gasteiger partial charge in [0.1, 0.15) is 10.8 Å². The van der Waals surface area contributed by atoms with Crippen molar-refractivity contribution in [1.82, 2.24) is 14.8 Å². The summed E-state index contributed by atoms with van der Waals surface area (Å²) in [4.78, 5) is 25.9. The molecule has 0 saturated heterocycles. The van der Waals surface area contributed by atoms with E-state index in [1.54, 1.807) is 13.2 Å². The molecule has 0 spiro atoms. The van der Waals surface area contributed by atoms with Crippen LogP contribution in [-0.4, -0.2) is 39.0 Å². The van der Waals surface area contributed by atoms with Crippen LogP contribution in [0.2, 0.25) is 0 Å². The Labute approximate surface area is 189 Å². The number of esters is 1. The number of nitrogens with zero attached hydrogens (tertiary/aromatic N) is 3. The second-order valence-corrected chi connectivity index (χ2v) is 9.37. The highest BCUT2D eigenvalue weighted by molar-refractivity contribution is 7.99. The summed E-state index contributed by atoms with van der Waals surface area (Å²) in [5.74, 6) is 0.952. The van der Waals surface area contributed by atoms with Crippen molar-refractivity contribution in [3.63, 3.8) is 0 Å². The molecule has 0 aromatic carbocycles. The average Bonchev–Trinajstić information content (AvgIpc) is 3.38. The van der Waals surface area contributed by atoms with Gasteiger partial charge in [-0.1, -0.05) is 11.8 Å². The van der Waals surface area contributed by atoms with E-state index in [1.807, 2.05) is 45.3 Å². The van der Waals surface area contributed by atoms with Crippen LogP contribution >= 0.6 is 23.1 Å². The quantitative estimate of drug-likeness (QED) is 0.371. The molecule has 3 aromatic heterocycles. The van der Waals surface area contributed by atoms with Gasteiger partial charge in [0.2, 0.25) is 5.91 Å². The predicted molar refractivity (Wildman–Crippen MR) is 122 cm³/mol. The summed E-state index contributed by atoms with van der Waals surface area (Å²) < 4.78 is 12.5. The Hall–Kier alpha value is -2.59. The van der Waals surface area contributed by atoms with E-state index in [2.05, 4.69) is 15.5 Å². The molecule has 1 N–H and O–H groups in total. The van der Waals surface area contributed by atoms with Gasteiger partial charge in [-0.3, -0.25) is 9.36 Å². The second kappa shape index (κ2) is 9.69. The van der Waals surface area contributed by atoms with Crippen LogP contribution in [0, 0.1) is 20.8 Å². The Morgan fingerprint density at radius 3 is 2.65 bits per heavy atom. The van der Waals surface area contributed by atoms with Crippen molar-refractivity contribution in [2.75, 3.05) is 17.7 Å². The maximum absolute atomic E-state index is 12.7. The monoisotopic (exact) mass is 462 g/mol. The van der Waals surface area contributed by atoms with Crippen molar-refractivity contribution in [2.24, 2.45) is 0 Å². The number of aryl methyl sites for hydroxylation is 2. The zero-order valence-electron chi connectivity index (χ0n) is 18.4. The van der Waals surface area contributed by atoms with Crippen LogP contribution in [-0.2, 0) is 9.53 Å². The molecule has 0 saturated carbocycles. The molecular weight excluding hydrogens is 436 g/mol. The maximum atomic E-state index is 12.7. The van der Waals surface area contributed by atoms with Crippen molar-refractivity contribution in [3.8, 4) is 11.4 Å². The highest BCUT2D eigenvalue weighted by Crippen LogP contribution is 2.34. The summed E-state index contributed by atoms with van der Waals surface area (Å²) in [6.07, 6.45) is 1.62. The van der Waals surface area contributed by atoms with Crippen LogP contribution in [0.25, 0.3) is 11.4 Å². The van der Waals surface area contributed by atoms with Gasteiger partial charge in [0, 0.05) is 10.9 Å². The SMILES string of the molecule is CCOC(=O)c1c(NC(=O)CSc2nnc(-c3ccoc3C)n2C(C)C)sc(C)c1C. The zero-order chi connectivity index (χ0) is 22.7. The molecule has 0 radical (unpaired) electrons. The van der Waals surface area contributed by atoms with Gasteiger partial charge in [-0.2, -0.15) is 0 Å². The van der Waals surface area contributed by atoms with Gasteiger partial charge >= 0.3 is 5.97 Å². The van der Waals surface area contributed by atoms with E-state index in [1.165, 1.54) is 23.1 Å². The molecule has 0 unspecified atom stereocenters. The summed E-state index contributed by atoms with van der Waals surface area (Å²) >= 11 is 2.67. The third-order valence-electron chi connectivity index (χ3n) is 4.73. The van der Waals surface area contributed by atoms with Crippen LogP contribution in [0.5, 0.6) is 0 Å². The third-order valence-corrected chi connectivity index (χ3v) is 6.80. The van der Waals surface area contributed by atoms with E-state index < -0.39 is 5.97 Å². The minimum Gasteiger partial charge on any atom is -0.469 e. The Kier molecular flexibility index (Phi) is 7.22. The molecule has 3 aromatic rings. The van der Waals surface area contributed by atoms with Crippen LogP contribution < -0.4 is 5.32 Å². The van der Waals surface area contributed by atoms with Gasteiger partial charge < -0.3 is 14.5 Å². The summed E-state index contributed by atoms with van der Waals surface area (Å²) in [6.45, 7) is 11.8. The number of carbonyl (C=O) groups is 2. The molecule has 1 amide bonds. The number of thioether (sulfide) groups is 1. The van der Waals surface area contributed by atoms with E-state index in [-0.39, 0.29) is 24.3 Å². The lowest BCUT2D eigenvalue weighted by Gasteiger charge is -2.13. The fourth-order valence-electron chi connectivity index (χ4n) is 3.10. The van der Waals surface area contributed by atoms with E-state index >= 15 is 0 Å². The van der Waals surface area contributed by atoms with E-state index in [0.29, 0.717) is 21.5 Å². The normalized spacial score (nSPS) is 11.2. The maximum Gasteiger partial charge on any atom is 0.341 e. The van der Waals surface area contributed by atoms with Gasteiger partial charge in [0.25, 0.3) is 0 Å². The molecule has 0 fully saturated rings. The number of amides is 1. The van der Waals surface area contributed by atoms with Crippen LogP contribution in [0.1, 0.15) is 53.4 Å². The molecule has 0 aliphatic carbocycles. The van der Waals surface area contributed by atoms with Crippen LogP contribution in [0.3, 0.4) is 0 Å². The van der Waals surface area contributed by atoms with Gasteiger partial charge in [-0.05, 0) is 53.2 Å². The molecule has 8 nitrogen and oxygen atoms in total. The van der Waals surface area contributed by atoms with Crippen LogP contribution in [0.15, 0.2) is 21.9 Å². The fraction of sp³-hybridized carbons (Fsp3) is 0.429. The van der Waals surface area contributed by atoms with Crippen molar-refractivity contribution < 1.29 is 18.7 Å². The number of hydrogen-bond donors (Lipinski definition) is 1. The fourth-order valence-corrected chi connectivity index (χ4v) is 5.03. The Morgan fingerprint density at radius 2 is 2.03 bits per heavy atom. The molecule has 0 atom stereocenters. The summed E-state index contributed by atoms with van der Waals surface area (Å²) in [5, 5.41) is 12.6. The second-order valence-electron chi connectivity index (χ2n) is 7.21. The van der Waals surface area contributed by atoms with Gasteiger partial charge in [-0.25, -0.2) is 4.79 Å². The highest BCUT2D eigenvalue weighted by atomic mass is 32.2. The highest BCUT2D eigenvalue weighted by Gasteiger charge is 2.23. The topological polar surface area (TPSA) is 99.2 Å². The lowest BCUT2D eigenvalue weighted by Crippen LogP contribution is -2.17. The Balaban J connectivity index is 1.76. The molecule has 0 aliphatic heterocycles. The predicted octanol–water partition coefficient (Wildman–Crippen LogP) is 5.01. The largest absolute Gasteiger partial charge is 0.469 e. The lowest BCUT2D eigenvalue weighted by molar-refractivity contribution is -0.113. The molecule has 10 heteroatoms. The number of carbonyl (C=O) groups excluding carboxylic acids is 2. The number of rotatable bonds is 8. The number of thiophene rings is 1. The summed E-state index contributed by atoms with van der Waals surface area (Å²) in [7, 11) is 0. The standard InChI is InChI=1S/C21H26N4O4S2/c1-7-28-20(27)17-12(4)14(6)31-19(17)22-16(26)10-30-21-24-23-18(25(21)11(2)3)15-8-9-29-13(15)5/h8-9,11H,7,10H2,1-6H3,(H,22,26).